The number of hydrogen-bond donors (Lipinski definition) is 1. The van der Waals surface area contributed by atoms with Gasteiger partial charge in [0.1, 0.15) is 5.78 Å². The van der Waals surface area contributed by atoms with Gasteiger partial charge in [-0.25, -0.2) is 0 Å². The van der Waals surface area contributed by atoms with Gasteiger partial charge in [-0.05, 0) is 26.3 Å². The van der Waals surface area contributed by atoms with E-state index in [-0.39, 0.29) is 17.6 Å². The molecule has 16 heavy (non-hydrogen) atoms. The molecule has 4 heteroatoms. The fraction of sp³-hybridized carbons (Fsp3) is 0.833. The van der Waals surface area contributed by atoms with E-state index in [1.54, 1.807) is 0 Å². The quantitative estimate of drug-likeness (QED) is 0.754. The number of amides is 1. The van der Waals surface area contributed by atoms with Gasteiger partial charge in [0, 0.05) is 12.5 Å². The van der Waals surface area contributed by atoms with E-state index in [0.29, 0.717) is 13.1 Å². The predicted molar refractivity (Wildman–Crippen MR) is 62.8 cm³/mol. The Hall–Kier alpha value is -0.900. The SMILES string of the molecule is CCC(C)C(=O)CN1CCC(C)(C(N)=O)C1. The van der Waals surface area contributed by atoms with Gasteiger partial charge < -0.3 is 5.73 Å². The molecule has 1 rings (SSSR count). The molecule has 0 aromatic carbocycles. The van der Waals surface area contributed by atoms with E-state index < -0.39 is 5.41 Å². The van der Waals surface area contributed by atoms with Crippen LogP contribution in [-0.4, -0.2) is 36.2 Å². The number of carbonyl (C=O) groups excluding carboxylic acids is 2. The fourth-order valence-electron chi connectivity index (χ4n) is 2.00. The minimum atomic E-state index is -0.449. The molecule has 1 aliphatic rings. The second-order valence-corrected chi connectivity index (χ2v) is 5.16. The highest BCUT2D eigenvalue weighted by Gasteiger charge is 2.39. The van der Waals surface area contributed by atoms with Gasteiger partial charge >= 0.3 is 0 Å². The monoisotopic (exact) mass is 226 g/mol. The Labute approximate surface area is 97.2 Å². The van der Waals surface area contributed by atoms with Gasteiger partial charge in [-0.2, -0.15) is 0 Å². The summed E-state index contributed by atoms with van der Waals surface area (Å²) < 4.78 is 0. The number of ketones is 1. The molecule has 0 radical (unpaired) electrons. The number of Topliss-reactive ketones (excluding diaryl/α,β-unsaturated/α-hetero) is 1. The number of hydrogen-bond acceptors (Lipinski definition) is 3. The third-order valence-electron chi connectivity index (χ3n) is 3.69. The number of nitrogens with zero attached hydrogens (tertiary/aromatic N) is 1. The van der Waals surface area contributed by atoms with E-state index in [4.69, 9.17) is 5.73 Å². The summed E-state index contributed by atoms with van der Waals surface area (Å²) in [4.78, 5) is 25.0. The average Bonchev–Trinajstić information content (AvgIpc) is 2.60. The van der Waals surface area contributed by atoms with Crippen molar-refractivity contribution in [3.63, 3.8) is 0 Å². The van der Waals surface area contributed by atoms with E-state index in [9.17, 15) is 9.59 Å². The van der Waals surface area contributed by atoms with E-state index in [2.05, 4.69) is 0 Å². The van der Waals surface area contributed by atoms with Gasteiger partial charge in [0.15, 0.2) is 0 Å². The number of likely N-dealkylation sites (tertiary alicyclic amines) is 1. The second-order valence-electron chi connectivity index (χ2n) is 5.16. The maximum atomic E-state index is 11.8. The molecule has 1 heterocycles. The van der Waals surface area contributed by atoms with Crippen LogP contribution in [0, 0.1) is 11.3 Å². The van der Waals surface area contributed by atoms with Crippen molar-refractivity contribution < 1.29 is 9.59 Å². The van der Waals surface area contributed by atoms with Crippen LogP contribution < -0.4 is 5.73 Å². The lowest BCUT2D eigenvalue weighted by Gasteiger charge is -2.21. The van der Waals surface area contributed by atoms with Crippen molar-refractivity contribution in [2.45, 2.75) is 33.6 Å². The Morgan fingerprint density at radius 2 is 2.12 bits per heavy atom. The van der Waals surface area contributed by atoms with Crippen LogP contribution in [0.5, 0.6) is 0 Å². The van der Waals surface area contributed by atoms with Crippen molar-refractivity contribution in [2.24, 2.45) is 17.1 Å². The van der Waals surface area contributed by atoms with Crippen LogP contribution in [0.1, 0.15) is 33.6 Å². The molecule has 0 aromatic rings. The molecule has 0 aromatic heterocycles. The molecule has 0 spiro atoms. The number of primary amides is 1. The summed E-state index contributed by atoms with van der Waals surface area (Å²) in [5.41, 5.74) is 4.91. The topological polar surface area (TPSA) is 63.4 Å². The maximum absolute atomic E-state index is 11.8. The highest BCUT2D eigenvalue weighted by molar-refractivity contribution is 5.83. The Kier molecular flexibility index (Phi) is 4.08. The van der Waals surface area contributed by atoms with Crippen molar-refractivity contribution in [3.8, 4) is 0 Å². The Balaban J connectivity index is 2.49. The van der Waals surface area contributed by atoms with Crippen LogP contribution in [0.2, 0.25) is 0 Å². The first-order valence-corrected chi connectivity index (χ1v) is 5.94. The lowest BCUT2D eigenvalue weighted by atomic mass is 9.89. The Morgan fingerprint density at radius 1 is 1.50 bits per heavy atom. The first-order chi connectivity index (χ1) is 7.39. The molecule has 2 unspecified atom stereocenters. The summed E-state index contributed by atoms with van der Waals surface area (Å²) in [6.07, 6.45) is 1.63. The summed E-state index contributed by atoms with van der Waals surface area (Å²) in [6.45, 7) is 7.71. The van der Waals surface area contributed by atoms with Crippen molar-refractivity contribution >= 4 is 11.7 Å². The molecular weight excluding hydrogens is 204 g/mol. The third kappa shape index (κ3) is 2.82. The summed E-state index contributed by atoms with van der Waals surface area (Å²) in [6, 6.07) is 0. The Morgan fingerprint density at radius 3 is 2.56 bits per heavy atom. The molecule has 1 aliphatic heterocycles. The van der Waals surface area contributed by atoms with Crippen LogP contribution in [-0.2, 0) is 9.59 Å². The van der Waals surface area contributed by atoms with Crippen molar-refractivity contribution in [2.75, 3.05) is 19.6 Å². The highest BCUT2D eigenvalue weighted by atomic mass is 16.1. The van der Waals surface area contributed by atoms with Crippen molar-refractivity contribution in [1.29, 1.82) is 0 Å². The van der Waals surface area contributed by atoms with Crippen LogP contribution >= 0.6 is 0 Å². The maximum Gasteiger partial charge on any atom is 0.224 e. The van der Waals surface area contributed by atoms with Gasteiger partial charge in [0.25, 0.3) is 0 Å². The van der Waals surface area contributed by atoms with Crippen molar-refractivity contribution in [1.82, 2.24) is 4.90 Å². The predicted octanol–water partition coefficient (Wildman–Crippen LogP) is 0.799. The molecule has 4 nitrogen and oxygen atoms in total. The largest absolute Gasteiger partial charge is 0.369 e. The molecule has 0 saturated carbocycles. The molecule has 1 amide bonds. The lowest BCUT2D eigenvalue weighted by Crippen LogP contribution is -2.38. The molecule has 92 valence electrons. The molecule has 1 fully saturated rings. The third-order valence-corrected chi connectivity index (χ3v) is 3.69. The summed E-state index contributed by atoms with van der Waals surface area (Å²) in [5.74, 6) is 0.114. The molecular formula is C12H22N2O2. The summed E-state index contributed by atoms with van der Waals surface area (Å²) >= 11 is 0. The fourth-order valence-corrected chi connectivity index (χ4v) is 2.00. The zero-order valence-electron chi connectivity index (χ0n) is 10.5. The number of nitrogens with two attached hydrogens (primary N) is 1. The summed E-state index contributed by atoms with van der Waals surface area (Å²) in [5, 5.41) is 0. The number of carbonyl (C=O) groups is 2. The minimum Gasteiger partial charge on any atom is -0.369 e. The van der Waals surface area contributed by atoms with E-state index in [1.165, 1.54) is 0 Å². The van der Waals surface area contributed by atoms with Crippen LogP contribution in [0.25, 0.3) is 0 Å². The summed E-state index contributed by atoms with van der Waals surface area (Å²) in [7, 11) is 0. The number of rotatable bonds is 5. The highest BCUT2D eigenvalue weighted by Crippen LogP contribution is 2.29. The minimum absolute atomic E-state index is 0.112. The molecule has 1 saturated heterocycles. The normalized spacial score (nSPS) is 27.9. The smallest absolute Gasteiger partial charge is 0.224 e. The zero-order valence-corrected chi connectivity index (χ0v) is 10.5. The molecule has 2 N–H and O–H groups in total. The second kappa shape index (κ2) is 4.95. The van der Waals surface area contributed by atoms with E-state index in [1.807, 2.05) is 25.7 Å². The first-order valence-electron chi connectivity index (χ1n) is 5.94. The molecule has 0 aliphatic carbocycles. The zero-order chi connectivity index (χ0) is 12.3. The van der Waals surface area contributed by atoms with Gasteiger partial charge in [0.2, 0.25) is 5.91 Å². The van der Waals surface area contributed by atoms with Crippen LogP contribution in [0.15, 0.2) is 0 Å². The van der Waals surface area contributed by atoms with Crippen molar-refractivity contribution in [3.05, 3.63) is 0 Å². The van der Waals surface area contributed by atoms with Crippen LogP contribution in [0.3, 0.4) is 0 Å². The van der Waals surface area contributed by atoms with Gasteiger partial charge in [-0.3, -0.25) is 14.5 Å². The van der Waals surface area contributed by atoms with E-state index in [0.717, 1.165) is 19.4 Å². The van der Waals surface area contributed by atoms with Gasteiger partial charge in [0.05, 0.1) is 12.0 Å². The standard InChI is InChI=1S/C12H22N2O2/c1-4-9(2)10(15)7-14-6-5-12(3,8-14)11(13)16/h9H,4-8H2,1-3H3,(H2,13,16). The molecule has 0 bridgehead atoms. The van der Waals surface area contributed by atoms with E-state index >= 15 is 0 Å². The average molecular weight is 226 g/mol. The first kappa shape index (κ1) is 13.2. The molecule has 2 atom stereocenters. The van der Waals surface area contributed by atoms with Gasteiger partial charge in [-0.1, -0.05) is 13.8 Å². The Bertz CT molecular complexity index is 291. The lowest BCUT2D eigenvalue weighted by molar-refractivity contribution is -0.127. The van der Waals surface area contributed by atoms with Crippen LogP contribution in [0.4, 0.5) is 0 Å². The van der Waals surface area contributed by atoms with Gasteiger partial charge in [-0.15, -0.1) is 0 Å².